The van der Waals surface area contributed by atoms with Crippen molar-refractivity contribution in [1.29, 1.82) is 0 Å². The molecule has 0 fully saturated rings. The topological polar surface area (TPSA) is 75.3 Å². The molecule has 0 saturated heterocycles. The van der Waals surface area contributed by atoms with E-state index in [0.717, 1.165) is 42.3 Å². The molecule has 0 bridgehead atoms. The van der Waals surface area contributed by atoms with E-state index in [1.165, 1.54) is 12.1 Å². The number of nitrogens with one attached hydrogen (secondary N) is 2. The van der Waals surface area contributed by atoms with Gasteiger partial charge in [0, 0.05) is 37.8 Å². The molecule has 0 aliphatic carbocycles. The number of pyridine rings is 1. The second-order valence-corrected chi connectivity index (χ2v) is 6.71. The molecule has 0 saturated carbocycles. The molecule has 30 heavy (non-hydrogen) atoms. The van der Waals surface area contributed by atoms with E-state index in [1.807, 2.05) is 13.0 Å². The standard InChI is InChI=1S/C21H23ClFN5O.HI/c1-2-24-21(25-11-9-15-3-8-19(22)27-13-15)26-12-10-18-14-29-20(28-18)16-4-6-17(23)7-5-16;/h3-8,13-14H,2,9-12H2,1H3,(H2,24,25,26);1H. The van der Waals surface area contributed by atoms with Gasteiger partial charge in [0.05, 0.1) is 5.69 Å². The second-order valence-electron chi connectivity index (χ2n) is 6.33. The van der Waals surface area contributed by atoms with Crippen LogP contribution < -0.4 is 10.6 Å². The molecule has 0 amide bonds. The van der Waals surface area contributed by atoms with E-state index < -0.39 is 0 Å². The quantitative estimate of drug-likeness (QED) is 0.190. The van der Waals surface area contributed by atoms with Crippen LogP contribution in [-0.2, 0) is 12.8 Å². The Morgan fingerprint density at radius 3 is 2.63 bits per heavy atom. The van der Waals surface area contributed by atoms with Crippen molar-refractivity contribution in [1.82, 2.24) is 20.6 Å². The molecule has 0 atom stereocenters. The van der Waals surface area contributed by atoms with E-state index in [-0.39, 0.29) is 29.8 Å². The molecule has 0 radical (unpaired) electrons. The van der Waals surface area contributed by atoms with Crippen molar-refractivity contribution in [3.8, 4) is 11.5 Å². The lowest BCUT2D eigenvalue weighted by atomic mass is 10.2. The Balaban J connectivity index is 0.00000320. The number of aliphatic imine (C=N–C) groups is 1. The Labute approximate surface area is 197 Å². The molecule has 0 aliphatic heterocycles. The molecule has 2 aromatic heterocycles. The minimum absolute atomic E-state index is 0. The molecule has 160 valence electrons. The van der Waals surface area contributed by atoms with E-state index in [1.54, 1.807) is 30.7 Å². The number of oxazole rings is 1. The van der Waals surface area contributed by atoms with Gasteiger partial charge >= 0.3 is 0 Å². The Bertz CT molecular complexity index is 931. The van der Waals surface area contributed by atoms with Crippen molar-refractivity contribution < 1.29 is 8.81 Å². The summed E-state index contributed by atoms with van der Waals surface area (Å²) in [7, 11) is 0. The fourth-order valence-electron chi connectivity index (χ4n) is 2.65. The van der Waals surface area contributed by atoms with E-state index in [2.05, 4.69) is 25.6 Å². The van der Waals surface area contributed by atoms with Crippen molar-refractivity contribution >= 4 is 41.5 Å². The third-order valence-electron chi connectivity index (χ3n) is 4.12. The summed E-state index contributed by atoms with van der Waals surface area (Å²) in [5, 5.41) is 7.02. The van der Waals surface area contributed by atoms with Gasteiger partial charge in [-0.2, -0.15) is 0 Å². The molecule has 1 aromatic carbocycles. The Morgan fingerprint density at radius 2 is 1.93 bits per heavy atom. The third kappa shape index (κ3) is 7.56. The van der Waals surface area contributed by atoms with Crippen LogP contribution in [0.15, 0.2) is 58.3 Å². The van der Waals surface area contributed by atoms with Crippen LogP contribution in [0.5, 0.6) is 0 Å². The minimum atomic E-state index is -0.286. The maximum atomic E-state index is 13.0. The Hall–Kier alpha value is -2.20. The predicted octanol–water partition coefficient (Wildman–Crippen LogP) is 4.49. The molecule has 0 unspecified atom stereocenters. The highest BCUT2D eigenvalue weighted by atomic mass is 127. The average molecular weight is 544 g/mol. The number of halogens is 3. The summed E-state index contributed by atoms with van der Waals surface area (Å²) >= 11 is 5.80. The summed E-state index contributed by atoms with van der Waals surface area (Å²) in [6.45, 7) is 4.08. The van der Waals surface area contributed by atoms with E-state index >= 15 is 0 Å². The van der Waals surface area contributed by atoms with Gasteiger partial charge in [0.15, 0.2) is 5.96 Å². The first-order valence-corrected chi connectivity index (χ1v) is 9.85. The van der Waals surface area contributed by atoms with Crippen LogP contribution >= 0.6 is 35.6 Å². The van der Waals surface area contributed by atoms with Gasteiger partial charge in [-0.25, -0.2) is 14.4 Å². The molecule has 3 aromatic rings. The van der Waals surface area contributed by atoms with E-state index in [0.29, 0.717) is 24.0 Å². The molecule has 9 heteroatoms. The molecule has 2 heterocycles. The van der Waals surface area contributed by atoms with Gasteiger partial charge in [-0.15, -0.1) is 24.0 Å². The molecular weight excluding hydrogens is 520 g/mol. The molecule has 6 nitrogen and oxygen atoms in total. The number of hydrogen-bond acceptors (Lipinski definition) is 4. The van der Waals surface area contributed by atoms with Crippen molar-refractivity contribution in [2.24, 2.45) is 4.99 Å². The zero-order chi connectivity index (χ0) is 20.5. The van der Waals surface area contributed by atoms with Crippen molar-refractivity contribution in [3.63, 3.8) is 0 Å². The maximum absolute atomic E-state index is 13.0. The van der Waals surface area contributed by atoms with Crippen molar-refractivity contribution in [2.45, 2.75) is 19.8 Å². The predicted molar refractivity (Wildman–Crippen MR) is 128 cm³/mol. The molecular formula is C21H24ClFIN5O. The Kier molecular flexibility index (Phi) is 10.0. The van der Waals surface area contributed by atoms with Crippen LogP contribution in [0.2, 0.25) is 5.15 Å². The van der Waals surface area contributed by atoms with Gasteiger partial charge in [0.2, 0.25) is 5.89 Å². The number of benzene rings is 1. The summed E-state index contributed by atoms with van der Waals surface area (Å²) < 4.78 is 18.5. The lowest BCUT2D eigenvalue weighted by molar-refractivity contribution is 0.572. The lowest BCUT2D eigenvalue weighted by Crippen LogP contribution is -2.38. The lowest BCUT2D eigenvalue weighted by Gasteiger charge is -2.11. The van der Waals surface area contributed by atoms with Crippen LogP contribution in [0.4, 0.5) is 4.39 Å². The fourth-order valence-corrected chi connectivity index (χ4v) is 2.76. The summed E-state index contributed by atoms with van der Waals surface area (Å²) in [6, 6.07) is 9.81. The molecule has 0 aliphatic rings. The average Bonchev–Trinajstić information content (AvgIpc) is 3.19. The van der Waals surface area contributed by atoms with E-state index in [4.69, 9.17) is 16.0 Å². The molecule has 0 spiro atoms. The van der Waals surface area contributed by atoms with Crippen LogP contribution in [0, 0.1) is 5.82 Å². The SMILES string of the molecule is CCNC(=NCCc1coc(-c2ccc(F)cc2)n1)NCCc1ccc(Cl)nc1.I. The van der Waals surface area contributed by atoms with Gasteiger partial charge < -0.3 is 15.1 Å². The second kappa shape index (κ2) is 12.5. The van der Waals surface area contributed by atoms with Crippen LogP contribution in [0.25, 0.3) is 11.5 Å². The zero-order valence-electron chi connectivity index (χ0n) is 16.6. The van der Waals surface area contributed by atoms with Crippen molar-refractivity contribution in [3.05, 3.63) is 71.1 Å². The van der Waals surface area contributed by atoms with Gasteiger partial charge in [0.25, 0.3) is 0 Å². The van der Waals surface area contributed by atoms with Crippen LogP contribution in [0.3, 0.4) is 0 Å². The van der Waals surface area contributed by atoms with Crippen LogP contribution in [-0.4, -0.2) is 35.6 Å². The van der Waals surface area contributed by atoms with Gasteiger partial charge in [0.1, 0.15) is 17.2 Å². The minimum Gasteiger partial charge on any atom is -0.444 e. The number of guanidine groups is 1. The normalized spacial score (nSPS) is 11.1. The fraction of sp³-hybridized carbons (Fsp3) is 0.286. The van der Waals surface area contributed by atoms with E-state index in [9.17, 15) is 4.39 Å². The number of hydrogen-bond donors (Lipinski definition) is 2. The monoisotopic (exact) mass is 543 g/mol. The van der Waals surface area contributed by atoms with Gasteiger partial charge in [-0.1, -0.05) is 17.7 Å². The van der Waals surface area contributed by atoms with Gasteiger partial charge in [-0.05, 0) is 49.2 Å². The third-order valence-corrected chi connectivity index (χ3v) is 4.34. The summed E-state index contributed by atoms with van der Waals surface area (Å²) in [5.74, 6) is 0.938. The first kappa shape index (κ1) is 24.1. The summed E-state index contributed by atoms with van der Waals surface area (Å²) in [5.41, 5.74) is 2.65. The Morgan fingerprint density at radius 1 is 1.13 bits per heavy atom. The smallest absolute Gasteiger partial charge is 0.226 e. The number of rotatable bonds is 8. The first-order valence-electron chi connectivity index (χ1n) is 9.47. The molecule has 3 rings (SSSR count). The van der Waals surface area contributed by atoms with Gasteiger partial charge in [-0.3, -0.25) is 4.99 Å². The highest BCUT2D eigenvalue weighted by Gasteiger charge is 2.07. The summed E-state index contributed by atoms with van der Waals surface area (Å²) in [4.78, 5) is 13.1. The zero-order valence-corrected chi connectivity index (χ0v) is 19.7. The highest BCUT2D eigenvalue weighted by Crippen LogP contribution is 2.19. The number of nitrogens with zero attached hydrogens (tertiary/aromatic N) is 3. The maximum Gasteiger partial charge on any atom is 0.226 e. The highest BCUT2D eigenvalue weighted by molar-refractivity contribution is 14.0. The summed E-state index contributed by atoms with van der Waals surface area (Å²) in [6.07, 6.45) is 4.85. The number of aromatic nitrogens is 2. The van der Waals surface area contributed by atoms with Crippen molar-refractivity contribution in [2.75, 3.05) is 19.6 Å². The van der Waals surface area contributed by atoms with Crippen LogP contribution in [0.1, 0.15) is 18.2 Å². The largest absolute Gasteiger partial charge is 0.444 e. The molecule has 2 N–H and O–H groups in total. The first-order chi connectivity index (χ1) is 14.1.